The molecule has 0 bridgehead atoms. The highest BCUT2D eigenvalue weighted by molar-refractivity contribution is 7.89. The molecule has 3 atom stereocenters. The number of aliphatic hydroxyl groups excluding tert-OH is 1. The Kier molecular flexibility index (Phi) is 6.63. The summed E-state index contributed by atoms with van der Waals surface area (Å²) in [5, 5.41) is 13.5. The van der Waals surface area contributed by atoms with Gasteiger partial charge < -0.3 is 19.9 Å². The van der Waals surface area contributed by atoms with Crippen LogP contribution in [0, 0.1) is 17.8 Å². The topological polar surface area (TPSA) is 88.1 Å². The van der Waals surface area contributed by atoms with Crippen molar-refractivity contribution in [2.45, 2.75) is 23.4 Å². The lowest BCUT2D eigenvalue weighted by atomic mass is 9.83. The lowest BCUT2D eigenvalue weighted by Crippen LogP contribution is -2.42. The molecular formula is C28H28N2O5S. The minimum Gasteiger partial charge on any atom is -0.497 e. The first-order chi connectivity index (χ1) is 17.4. The number of nitrogens with zero attached hydrogens (tertiary/aromatic N) is 1. The van der Waals surface area contributed by atoms with E-state index in [2.05, 4.69) is 17.2 Å². The molecule has 36 heavy (non-hydrogen) atoms. The van der Waals surface area contributed by atoms with E-state index in [4.69, 9.17) is 9.47 Å². The van der Waals surface area contributed by atoms with E-state index >= 15 is 0 Å². The molecule has 2 heterocycles. The smallest absolute Gasteiger partial charge is 0.243 e. The Morgan fingerprint density at radius 1 is 0.972 bits per heavy atom. The van der Waals surface area contributed by atoms with E-state index in [1.807, 2.05) is 42.5 Å². The van der Waals surface area contributed by atoms with E-state index in [0.29, 0.717) is 18.7 Å². The summed E-state index contributed by atoms with van der Waals surface area (Å²) >= 11 is 0. The summed E-state index contributed by atoms with van der Waals surface area (Å²) in [6.07, 6.45) is 0.644. The van der Waals surface area contributed by atoms with Crippen LogP contribution in [0.2, 0.25) is 0 Å². The quantitative estimate of drug-likeness (QED) is 0.516. The first-order valence-corrected chi connectivity index (χ1v) is 13.2. The Hall–Kier alpha value is -3.51. The van der Waals surface area contributed by atoms with Gasteiger partial charge in [0.05, 0.1) is 37.8 Å². The molecule has 2 aliphatic rings. The summed E-state index contributed by atoms with van der Waals surface area (Å²) in [6, 6.07) is 19.2. The molecule has 1 saturated heterocycles. The molecule has 2 N–H and O–H groups in total. The molecule has 186 valence electrons. The van der Waals surface area contributed by atoms with Gasteiger partial charge in [0, 0.05) is 35.3 Å². The fraction of sp³-hybridized carbons (Fsp3) is 0.286. The molecule has 0 aromatic heterocycles. The van der Waals surface area contributed by atoms with Crippen LogP contribution in [-0.4, -0.2) is 51.2 Å². The second kappa shape index (κ2) is 9.86. The molecular weight excluding hydrogens is 476 g/mol. The van der Waals surface area contributed by atoms with Crippen LogP contribution in [0.25, 0.3) is 0 Å². The second-order valence-corrected chi connectivity index (χ2v) is 10.8. The van der Waals surface area contributed by atoms with Gasteiger partial charge in [-0.3, -0.25) is 0 Å². The van der Waals surface area contributed by atoms with Crippen molar-refractivity contribution in [3.8, 4) is 23.3 Å². The maximum absolute atomic E-state index is 13.8. The SMILES string of the molecule is COc1cccc(C#Cc2ccc3c(c2)[C@H]2[C@H](CCN2S(=O)(=O)c2cccc(OC)c2)[C@H](CO)N3)c1. The Morgan fingerprint density at radius 2 is 1.67 bits per heavy atom. The van der Waals surface area contributed by atoms with E-state index < -0.39 is 16.1 Å². The molecule has 5 rings (SSSR count). The van der Waals surface area contributed by atoms with E-state index in [1.54, 1.807) is 35.7 Å². The van der Waals surface area contributed by atoms with E-state index in [9.17, 15) is 13.5 Å². The van der Waals surface area contributed by atoms with Gasteiger partial charge in [-0.25, -0.2) is 8.42 Å². The Labute approximate surface area is 211 Å². The van der Waals surface area contributed by atoms with Crippen LogP contribution in [0.3, 0.4) is 0 Å². The third-order valence-corrected chi connectivity index (χ3v) is 8.77. The summed E-state index contributed by atoms with van der Waals surface area (Å²) in [5.41, 5.74) is 3.29. The van der Waals surface area contributed by atoms with Crippen LogP contribution >= 0.6 is 0 Å². The molecule has 2 aliphatic heterocycles. The third kappa shape index (κ3) is 4.42. The third-order valence-electron chi connectivity index (χ3n) is 6.89. The standard InChI is InChI=1S/C28H28N2O5S/c1-34-21-6-3-5-19(15-21)9-10-20-11-12-26-25(16-20)28-24(27(18-31)29-26)13-14-30(28)36(32,33)23-8-4-7-22(17-23)35-2/h3-8,11-12,15-17,24,27-29,31H,13-14,18H2,1-2H3/t24-,27+,28-/m1/s1. The number of fused-ring (bicyclic) bond motifs is 3. The normalized spacial score (nSPS) is 20.9. The Balaban J connectivity index is 1.54. The number of nitrogens with one attached hydrogen (secondary N) is 1. The zero-order valence-electron chi connectivity index (χ0n) is 20.1. The average molecular weight is 505 g/mol. The number of ether oxygens (including phenoxy) is 2. The molecule has 0 unspecified atom stereocenters. The molecule has 3 aromatic rings. The highest BCUT2D eigenvalue weighted by Crippen LogP contribution is 2.48. The molecule has 0 radical (unpaired) electrons. The molecule has 3 aromatic carbocycles. The zero-order chi connectivity index (χ0) is 25.3. The largest absolute Gasteiger partial charge is 0.497 e. The molecule has 0 spiro atoms. The molecule has 8 heteroatoms. The lowest BCUT2D eigenvalue weighted by molar-refractivity contribution is 0.210. The number of anilines is 1. The highest BCUT2D eigenvalue weighted by atomic mass is 32.2. The summed E-state index contributed by atoms with van der Waals surface area (Å²) < 4.78 is 39.6. The lowest BCUT2D eigenvalue weighted by Gasteiger charge is -2.38. The van der Waals surface area contributed by atoms with Gasteiger partial charge in [0.1, 0.15) is 11.5 Å². The predicted molar refractivity (Wildman–Crippen MR) is 138 cm³/mol. The van der Waals surface area contributed by atoms with E-state index in [-0.39, 0.29) is 23.5 Å². The van der Waals surface area contributed by atoms with E-state index in [0.717, 1.165) is 28.1 Å². The van der Waals surface area contributed by atoms with Crippen LogP contribution < -0.4 is 14.8 Å². The molecule has 7 nitrogen and oxygen atoms in total. The maximum Gasteiger partial charge on any atom is 0.243 e. The first kappa shape index (κ1) is 24.2. The van der Waals surface area contributed by atoms with Gasteiger partial charge in [-0.05, 0) is 60.5 Å². The number of sulfonamides is 1. The predicted octanol–water partition coefficient (Wildman–Crippen LogP) is 3.64. The summed E-state index contributed by atoms with van der Waals surface area (Å²) in [5.74, 6) is 7.52. The van der Waals surface area contributed by atoms with Gasteiger partial charge in [-0.2, -0.15) is 4.31 Å². The van der Waals surface area contributed by atoms with Crippen molar-refractivity contribution in [3.05, 3.63) is 83.4 Å². The minimum atomic E-state index is -3.80. The first-order valence-electron chi connectivity index (χ1n) is 11.8. The van der Waals surface area contributed by atoms with Gasteiger partial charge in [0.15, 0.2) is 0 Å². The average Bonchev–Trinajstić information content (AvgIpc) is 3.38. The van der Waals surface area contributed by atoms with Gasteiger partial charge >= 0.3 is 0 Å². The van der Waals surface area contributed by atoms with Gasteiger partial charge in [-0.1, -0.05) is 24.0 Å². The Bertz CT molecular complexity index is 1440. The van der Waals surface area contributed by atoms with Crippen molar-refractivity contribution in [2.75, 3.05) is 32.7 Å². The van der Waals surface area contributed by atoms with Crippen molar-refractivity contribution < 1.29 is 23.0 Å². The van der Waals surface area contributed by atoms with Crippen molar-refractivity contribution >= 4 is 15.7 Å². The number of rotatable bonds is 5. The minimum absolute atomic E-state index is 0.0653. The molecule has 0 aliphatic carbocycles. The van der Waals surface area contributed by atoms with Crippen molar-refractivity contribution in [1.29, 1.82) is 0 Å². The molecule has 0 amide bonds. The second-order valence-electron chi connectivity index (χ2n) is 8.91. The fourth-order valence-corrected chi connectivity index (χ4v) is 6.81. The number of hydrogen-bond acceptors (Lipinski definition) is 6. The van der Waals surface area contributed by atoms with Crippen LogP contribution in [-0.2, 0) is 10.0 Å². The zero-order valence-corrected chi connectivity index (χ0v) is 21.0. The van der Waals surface area contributed by atoms with Crippen LogP contribution in [0.1, 0.15) is 29.2 Å². The van der Waals surface area contributed by atoms with Crippen LogP contribution in [0.4, 0.5) is 5.69 Å². The summed E-state index contributed by atoms with van der Waals surface area (Å²) in [6.45, 7) is 0.289. The number of benzene rings is 3. The van der Waals surface area contributed by atoms with Crippen molar-refractivity contribution in [1.82, 2.24) is 4.31 Å². The van der Waals surface area contributed by atoms with Gasteiger partial charge in [0.2, 0.25) is 10.0 Å². The van der Waals surface area contributed by atoms with Crippen molar-refractivity contribution in [2.24, 2.45) is 5.92 Å². The van der Waals surface area contributed by atoms with Gasteiger partial charge in [-0.15, -0.1) is 0 Å². The number of methoxy groups -OCH3 is 2. The number of hydrogen-bond donors (Lipinski definition) is 2. The van der Waals surface area contributed by atoms with Crippen LogP contribution in [0.5, 0.6) is 11.5 Å². The van der Waals surface area contributed by atoms with Crippen molar-refractivity contribution in [3.63, 3.8) is 0 Å². The fourth-order valence-electron chi connectivity index (χ4n) is 5.11. The maximum atomic E-state index is 13.8. The number of aliphatic hydroxyl groups is 1. The monoisotopic (exact) mass is 504 g/mol. The summed E-state index contributed by atoms with van der Waals surface area (Å²) in [4.78, 5) is 0.192. The van der Waals surface area contributed by atoms with E-state index in [1.165, 1.54) is 7.11 Å². The molecule has 0 saturated carbocycles. The highest BCUT2D eigenvalue weighted by Gasteiger charge is 2.48. The Morgan fingerprint density at radius 3 is 2.39 bits per heavy atom. The van der Waals surface area contributed by atoms with Gasteiger partial charge in [0.25, 0.3) is 0 Å². The molecule has 1 fully saturated rings. The summed E-state index contributed by atoms with van der Waals surface area (Å²) in [7, 11) is -0.666. The van der Waals surface area contributed by atoms with Crippen LogP contribution in [0.15, 0.2) is 71.6 Å².